The third-order valence-electron chi connectivity index (χ3n) is 3.01. The minimum absolute atomic E-state index is 0.00950. The van der Waals surface area contributed by atoms with Crippen molar-refractivity contribution in [3.8, 4) is 16.9 Å². The third-order valence-corrected chi connectivity index (χ3v) is 3.01. The van der Waals surface area contributed by atoms with Crippen LogP contribution >= 0.6 is 0 Å². The van der Waals surface area contributed by atoms with Gasteiger partial charge >= 0.3 is 0 Å². The van der Waals surface area contributed by atoms with Crippen molar-refractivity contribution in [1.29, 1.82) is 0 Å². The van der Waals surface area contributed by atoms with Crippen LogP contribution in [0.2, 0.25) is 0 Å². The number of methoxy groups -OCH3 is 1. The van der Waals surface area contributed by atoms with Gasteiger partial charge in [0.05, 0.1) is 13.7 Å². The van der Waals surface area contributed by atoms with E-state index in [0.717, 1.165) is 22.4 Å². The van der Waals surface area contributed by atoms with Crippen LogP contribution < -0.4 is 15.8 Å². The molecule has 2 aromatic rings. The molecule has 0 saturated carbocycles. The summed E-state index contributed by atoms with van der Waals surface area (Å²) < 4.78 is 5.23. The Kier molecular flexibility index (Phi) is 4.74. The summed E-state index contributed by atoms with van der Waals surface area (Å²) >= 11 is 0. The van der Waals surface area contributed by atoms with Crippen LogP contribution in [0.1, 0.15) is 5.56 Å². The maximum atomic E-state index is 11.2. The largest absolute Gasteiger partial charge is 0.497 e. The van der Waals surface area contributed by atoms with Crippen molar-refractivity contribution >= 4 is 5.91 Å². The molecule has 1 amide bonds. The Morgan fingerprint density at radius 3 is 2.55 bits per heavy atom. The number of benzene rings is 2. The normalized spacial score (nSPS) is 10.1. The van der Waals surface area contributed by atoms with E-state index in [4.69, 9.17) is 10.5 Å². The highest BCUT2D eigenvalue weighted by molar-refractivity contribution is 5.77. The number of hydrogen-bond acceptors (Lipinski definition) is 3. The average Bonchev–Trinajstić information content (AvgIpc) is 2.53. The van der Waals surface area contributed by atoms with Crippen molar-refractivity contribution in [3.63, 3.8) is 0 Å². The van der Waals surface area contributed by atoms with Crippen LogP contribution in [0.3, 0.4) is 0 Å². The first-order chi connectivity index (χ1) is 9.72. The Hall–Kier alpha value is -2.33. The van der Waals surface area contributed by atoms with Gasteiger partial charge in [-0.05, 0) is 34.9 Å². The highest BCUT2D eigenvalue weighted by Gasteiger charge is 2.02. The van der Waals surface area contributed by atoms with Gasteiger partial charge in [-0.2, -0.15) is 0 Å². The van der Waals surface area contributed by atoms with E-state index in [2.05, 4.69) is 5.32 Å². The fourth-order valence-corrected chi connectivity index (χ4v) is 1.94. The summed E-state index contributed by atoms with van der Waals surface area (Å²) in [5.41, 5.74) is 8.46. The van der Waals surface area contributed by atoms with E-state index in [1.54, 1.807) is 7.11 Å². The highest BCUT2D eigenvalue weighted by atomic mass is 16.5. The summed E-state index contributed by atoms with van der Waals surface area (Å²) in [6.45, 7) is 0.490. The molecule has 0 atom stereocenters. The molecule has 0 aliphatic heterocycles. The third kappa shape index (κ3) is 3.59. The number of amides is 1. The quantitative estimate of drug-likeness (QED) is 0.872. The van der Waals surface area contributed by atoms with Gasteiger partial charge in [0.15, 0.2) is 0 Å². The van der Waals surface area contributed by atoms with Crippen molar-refractivity contribution in [2.24, 2.45) is 5.73 Å². The maximum absolute atomic E-state index is 11.2. The van der Waals surface area contributed by atoms with Crippen LogP contribution in [-0.2, 0) is 11.3 Å². The fourth-order valence-electron chi connectivity index (χ4n) is 1.94. The molecule has 4 heteroatoms. The number of nitrogens with one attached hydrogen (secondary N) is 1. The molecule has 2 rings (SSSR count). The van der Waals surface area contributed by atoms with Crippen LogP contribution in [0.25, 0.3) is 11.1 Å². The lowest BCUT2D eigenvalue weighted by atomic mass is 10.0. The minimum atomic E-state index is -0.156. The van der Waals surface area contributed by atoms with Gasteiger partial charge in [-0.15, -0.1) is 0 Å². The summed E-state index contributed by atoms with van der Waals surface area (Å²) in [5.74, 6) is 0.668. The number of carbonyl (C=O) groups excluding carboxylic acids is 1. The number of nitrogens with two attached hydrogens (primary N) is 1. The highest BCUT2D eigenvalue weighted by Crippen LogP contribution is 2.24. The molecule has 0 bridgehead atoms. The van der Waals surface area contributed by atoms with Crippen LogP contribution in [0, 0.1) is 0 Å². The minimum Gasteiger partial charge on any atom is -0.497 e. The fraction of sp³-hybridized carbons (Fsp3) is 0.188. The van der Waals surface area contributed by atoms with E-state index in [1.807, 2.05) is 48.5 Å². The molecule has 0 fully saturated rings. The van der Waals surface area contributed by atoms with Crippen molar-refractivity contribution in [1.82, 2.24) is 5.32 Å². The molecule has 0 aliphatic carbocycles. The van der Waals surface area contributed by atoms with E-state index in [9.17, 15) is 4.79 Å². The van der Waals surface area contributed by atoms with Gasteiger partial charge in [-0.25, -0.2) is 0 Å². The molecular formula is C16H18N2O2. The Bertz CT molecular complexity index is 597. The molecule has 0 aromatic heterocycles. The first kappa shape index (κ1) is 14.1. The van der Waals surface area contributed by atoms with Gasteiger partial charge in [0, 0.05) is 6.54 Å². The predicted octanol–water partition coefficient (Wildman–Crippen LogP) is 1.94. The second-order valence-electron chi connectivity index (χ2n) is 4.41. The van der Waals surface area contributed by atoms with Gasteiger partial charge in [0.2, 0.25) is 5.91 Å². The Labute approximate surface area is 118 Å². The van der Waals surface area contributed by atoms with Crippen LogP contribution in [0.15, 0.2) is 48.5 Å². The van der Waals surface area contributed by atoms with Crippen molar-refractivity contribution in [2.45, 2.75) is 6.54 Å². The molecule has 0 radical (unpaired) electrons. The summed E-state index contributed by atoms with van der Waals surface area (Å²) in [5, 5.41) is 2.76. The van der Waals surface area contributed by atoms with E-state index >= 15 is 0 Å². The zero-order valence-electron chi connectivity index (χ0n) is 11.4. The van der Waals surface area contributed by atoms with Gasteiger partial charge in [0.1, 0.15) is 5.75 Å². The van der Waals surface area contributed by atoms with Crippen molar-refractivity contribution in [3.05, 3.63) is 54.1 Å². The molecule has 0 spiro atoms. The van der Waals surface area contributed by atoms with Crippen LogP contribution in [-0.4, -0.2) is 19.6 Å². The SMILES string of the molecule is COc1cccc(-c2cccc(CNC(=O)CN)c2)c1. The number of rotatable bonds is 5. The number of carbonyl (C=O) groups is 1. The van der Waals surface area contributed by atoms with Gasteiger partial charge in [-0.1, -0.05) is 30.3 Å². The Morgan fingerprint density at radius 2 is 1.85 bits per heavy atom. The predicted molar refractivity (Wildman–Crippen MR) is 79.3 cm³/mol. The van der Waals surface area contributed by atoms with Gasteiger partial charge in [-0.3, -0.25) is 4.79 Å². The van der Waals surface area contributed by atoms with E-state index in [-0.39, 0.29) is 12.5 Å². The van der Waals surface area contributed by atoms with Gasteiger partial charge < -0.3 is 15.8 Å². The van der Waals surface area contributed by atoms with Crippen LogP contribution in [0.4, 0.5) is 0 Å². The molecule has 4 nitrogen and oxygen atoms in total. The molecule has 3 N–H and O–H groups in total. The second kappa shape index (κ2) is 6.73. The van der Waals surface area contributed by atoms with Crippen molar-refractivity contribution in [2.75, 3.05) is 13.7 Å². The van der Waals surface area contributed by atoms with E-state index in [1.165, 1.54) is 0 Å². The summed E-state index contributed by atoms with van der Waals surface area (Å²) in [6, 6.07) is 15.9. The summed E-state index contributed by atoms with van der Waals surface area (Å²) in [4.78, 5) is 11.2. The smallest absolute Gasteiger partial charge is 0.234 e. The lowest BCUT2D eigenvalue weighted by Gasteiger charge is -2.08. The molecule has 20 heavy (non-hydrogen) atoms. The van der Waals surface area contributed by atoms with Crippen molar-refractivity contribution < 1.29 is 9.53 Å². The molecule has 0 heterocycles. The van der Waals surface area contributed by atoms with E-state index in [0.29, 0.717) is 6.54 Å². The Morgan fingerprint density at radius 1 is 1.15 bits per heavy atom. The molecule has 0 unspecified atom stereocenters. The second-order valence-corrected chi connectivity index (χ2v) is 4.41. The number of ether oxygens (including phenoxy) is 1. The van der Waals surface area contributed by atoms with Gasteiger partial charge in [0.25, 0.3) is 0 Å². The Balaban J connectivity index is 2.18. The molecule has 0 aliphatic rings. The lowest BCUT2D eigenvalue weighted by Crippen LogP contribution is -2.29. The molecular weight excluding hydrogens is 252 g/mol. The summed E-state index contributed by atoms with van der Waals surface area (Å²) in [6.07, 6.45) is 0. The standard InChI is InChI=1S/C16H18N2O2/c1-20-15-7-3-6-14(9-15)13-5-2-4-12(8-13)11-18-16(19)10-17/h2-9H,10-11,17H2,1H3,(H,18,19). The zero-order valence-corrected chi connectivity index (χ0v) is 11.4. The molecule has 104 valence electrons. The lowest BCUT2D eigenvalue weighted by molar-refractivity contribution is -0.119. The summed E-state index contributed by atoms with van der Waals surface area (Å²) in [7, 11) is 1.65. The molecule has 2 aromatic carbocycles. The van der Waals surface area contributed by atoms with E-state index < -0.39 is 0 Å². The first-order valence-corrected chi connectivity index (χ1v) is 6.43. The first-order valence-electron chi connectivity index (χ1n) is 6.43. The average molecular weight is 270 g/mol. The van der Waals surface area contributed by atoms with Crippen LogP contribution in [0.5, 0.6) is 5.75 Å². The maximum Gasteiger partial charge on any atom is 0.234 e. The number of hydrogen-bond donors (Lipinski definition) is 2. The monoisotopic (exact) mass is 270 g/mol. The molecule has 0 saturated heterocycles. The zero-order chi connectivity index (χ0) is 14.4. The topological polar surface area (TPSA) is 64.3 Å².